The van der Waals surface area contributed by atoms with Gasteiger partial charge in [0.25, 0.3) is 0 Å². The number of nitrogens with one attached hydrogen (secondary N) is 1. The molecular formula is C20H29NO4. The number of carbonyl (C=O) groups excluding carboxylic acids is 2. The molecule has 0 bridgehead atoms. The molecule has 138 valence electrons. The Bertz CT molecular complexity index is 579. The first kappa shape index (κ1) is 19.4. The first-order valence-corrected chi connectivity index (χ1v) is 9.00. The predicted molar refractivity (Wildman–Crippen MR) is 96.3 cm³/mol. The average Bonchev–Trinajstić information content (AvgIpc) is 2.53. The molecule has 1 aromatic carbocycles. The normalized spacial score (nSPS) is 20.6. The van der Waals surface area contributed by atoms with Crippen LogP contribution in [0.5, 0.6) is 0 Å². The van der Waals surface area contributed by atoms with Gasteiger partial charge in [-0.25, -0.2) is 4.79 Å². The minimum Gasteiger partial charge on any atom is -0.444 e. The molecule has 5 nitrogen and oxygen atoms in total. The maximum atomic E-state index is 12.2. The van der Waals surface area contributed by atoms with Crippen molar-refractivity contribution in [2.75, 3.05) is 0 Å². The number of hydrogen-bond donors (Lipinski definition) is 2. The van der Waals surface area contributed by atoms with Crippen molar-refractivity contribution in [2.24, 2.45) is 5.92 Å². The van der Waals surface area contributed by atoms with Crippen LogP contribution in [-0.2, 0) is 16.0 Å². The zero-order valence-corrected chi connectivity index (χ0v) is 15.3. The summed E-state index contributed by atoms with van der Waals surface area (Å²) in [6.07, 6.45) is 1.94. The molecule has 0 spiro atoms. The van der Waals surface area contributed by atoms with E-state index < -0.39 is 29.8 Å². The highest BCUT2D eigenvalue weighted by atomic mass is 16.6. The zero-order chi connectivity index (χ0) is 18.4. The summed E-state index contributed by atoms with van der Waals surface area (Å²) >= 11 is 0. The minimum atomic E-state index is -0.916. The van der Waals surface area contributed by atoms with Crippen LogP contribution in [-0.4, -0.2) is 34.7 Å². The summed E-state index contributed by atoms with van der Waals surface area (Å²) < 4.78 is 5.32. The number of hydrogen-bond acceptors (Lipinski definition) is 4. The van der Waals surface area contributed by atoms with Crippen molar-refractivity contribution in [2.45, 2.75) is 70.6 Å². The van der Waals surface area contributed by atoms with Gasteiger partial charge in [-0.05, 0) is 45.6 Å². The second-order valence-electron chi connectivity index (χ2n) is 7.75. The summed E-state index contributed by atoms with van der Waals surface area (Å²) in [7, 11) is 0. The number of carbonyl (C=O) groups is 2. The van der Waals surface area contributed by atoms with E-state index >= 15 is 0 Å². The van der Waals surface area contributed by atoms with Crippen molar-refractivity contribution in [1.82, 2.24) is 5.32 Å². The topological polar surface area (TPSA) is 75.6 Å². The Hall–Kier alpha value is -1.88. The van der Waals surface area contributed by atoms with Crippen LogP contribution >= 0.6 is 0 Å². The molecule has 3 atom stereocenters. The Labute approximate surface area is 149 Å². The van der Waals surface area contributed by atoms with Crippen LogP contribution in [0.15, 0.2) is 30.3 Å². The van der Waals surface area contributed by atoms with Gasteiger partial charge in [0.2, 0.25) is 0 Å². The highest BCUT2D eigenvalue weighted by molar-refractivity contribution is 5.82. The SMILES string of the molecule is CC(C)(C)OC(=O)N[C@@H](Cc1ccccc1)C(O)C1CCCCC1=O. The number of benzene rings is 1. The Kier molecular flexibility index (Phi) is 6.59. The minimum absolute atomic E-state index is 0.0859. The molecular weight excluding hydrogens is 318 g/mol. The van der Waals surface area contributed by atoms with Gasteiger partial charge in [-0.1, -0.05) is 36.8 Å². The Balaban J connectivity index is 2.12. The van der Waals surface area contributed by atoms with E-state index in [9.17, 15) is 14.7 Å². The van der Waals surface area contributed by atoms with Crippen molar-refractivity contribution in [3.8, 4) is 0 Å². The molecule has 0 radical (unpaired) electrons. The summed E-state index contributed by atoms with van der Waals surface area (Å²) in [6, 6.07) is 9.07. The third kappa shape index (κ3) is 6.16. The fourth-order valence-corrected chi connectivity index (χ4v) is 3.24. The van der Waals surface area contributed by atoms with Crippen LogP contribution in [0.4, 0.5) is 4.79 Å². The molecule has 1 saturated carbocycles. The number of ketones is 1. The van der Waals surface area contributed by atoms with Gasteiger partial charge in [0.15, 0.2) is 0 Å². The largest absolute Gasteiger partial charge is 0.444 e. The third-order valence-electron chi connectivity index (χ3n) is 4.43. The van der Waals surface area contributed by atoms with Crippen LogP contribution in [0.1, 0.15) is 52.0 Å². The molecule has 2 rings (SSSR count). The summed E-state index contributed by atoms with van der Waals surface area (Å²) in [4.78, 5) is 24.4. The van der Waals surface area contributed by atoms with Crippen molar-refractivity contribution in [3.05, 3.63) is 35.9 Å². The monoisotopic (exact) mass is 347 g/mol. The van der Waals surface area contributed by atoms with Gasteiger partial charge in [0, 0.05) is 12.3 Å². The molecule has 1 fully saturated rings. The lowest BCUT2D eigenvalue weighted by atomic mass is 9.80. The summed E-state index contributed by atoms with van der Waals surface area (Å²) in [5.74, 6) is -0.333. The van der Waals surface area contributed by atoms with Crippen LogP contribution in [0.25, 0.3) is 0 Å². The number of Topliss-reactive ketones (excluding diaryl/α,β-unsaturated/α-hetero) is 1. The van der Waals surface area contributed by atoms with Gasteiger partial charge in [-0.15, -0.1) is 0 Å². The van der Waals surface area contributed by atoms with Gasteiger partial charge in [-0.2, -0.15) is 0 Å². The van der Waals surface area contributed by atoms with Crippen LogP contribution < -0.4 is 5.32 Å². The standard InChI is InChI=1S/C20H29NO4/c1-20(2,3)25-19(24)21-16(13-14-9-5-4-6-10-14)18(23)15-11-7-8-12-17(15)22/h4-6,9-10,15-16,18,23H,7-8,11-13H2,1-3H3,(H,21,24)/t15?,16-,18?/m0/s1. The predicted octanol–water partition coefficient (Wildman–Crippen LogP) is 3.24. The quantitative estimate of drug-likeness (QED) is 0.857. The molecule has 0 aromatic heterocycles. The van der Waals surface area contributed by atoms with E-state index in [-0.39, 0.29) is 5.78 Å². The Morgan fingerprint density at radius 1 is 1.28 bits per heavy atom. The van der Waals surface area contributed by atoms with Gasteiger partial charge in [0.1, 0.15) is 11.4 Å². The van der Waals surface area contributed by atoms with Crippen LogP contribution in [0.3, 0.4) is 0 Å². The number of amides is 1. The molecule has 0 aliphatic heterocycles. The summed E-state index contributed by atoms with van der Waals surface area (Å²) in [5, 5.41) is 13.6. The fraction of sp³-hybridized carbons (Fsp3) is 0.600. The molecule has 5 heteroatoms. The molecule has 2 N–H and O–H groups in total. The fourth-order valence-electron chi connectivity index (χ4n) is 3.24. The molecule has 0 heterocycles. The molecule has 25 heavy (non-hydrogen) atoms. The summed E-state index contributed by atoms with van der Waals surface area (Å²) in [6.45, 7) is 5.37. The number of aliphatic hydroxyl groups excluding tert-OH is 1. The number of aliphatic hydroxyl groups is 1. The molecule has 2 unspecified atom stereocenters. The highest BCUT2D eigenvalue weighted by Gasteiger charge is 2.35. The van der Waals surface area contributed by atoms with Crippen molar-refractivity contribution < 1.29 is 19.4 Å². The average molecular weight is 347 g/mol. The van der Waals surface area contributed by atoms with E-state index in [1.165, 1.54) is 0 Å². The number of rotatable bonds is 5. The highest BCUT2D eigenvalue weighted by Crippen LogP contribution is 2.26. The first-order chi connectivity index (χ1) is 11.8. The summed E-state index contributed by atoms with van der Waals surface area (Å²) in [5.41, 5.74) is 0.373. The first-order valence-electron chi connectivity index (χ1n) is 9.00. The van der Waals surface area contributed by atoms with Crippen LogP contribution in [0, 0.1) is 5.92 Å². The lowest BCUT2D eigenvalue weighted by molar-refractivity contribution is -0.129. The number of alkyl carbamates (subject to hydrolysis) is 1. The van der Waals surface area contributed by atoms with Gasteiger partial charge in [0.05, 0.1) is 12.1 Å². The molecule has 1 aliphatic carbocycles. The van der Waals surface area contributed by atoms with Crippen LogP contribution in [0.2, 0.25) is 0 Å². The van der Waals surface area contributed by atoms with E-state index in [4.69, 9.17) is 4.74 Å². The van der Waals surface area contributed by atoms with E-state index in [0.717, 1.165) is 18.4 Å². The van der Waals surface area contributed by atoms with Gasteiger partial charge in [-0.3, -0.25) is 4.79 Å². The van der Waals surface area contributed by atoms with Gasteiger partial charge < -0.3 is 15.2 Å². The zero-order valence-electron chi connectivity index (χ0n) is 15.3. The van der Waals surface area contributed by atoms with E-state index in [1.54, 1.807) is 20.8 Å². The van der Waals surface area contributed by atoms with Crippen molar-refractivity contribution in [1.29, 1.82) is 0 Å². The van der Waals surface area contributed by atoms with E-state index in [0.29, 0.717) is 19.3 Å². The van der Waals surface area contributed by atoms with E-state index in [2.05, 4.69) is 5.32 Å². The number of ether oxygens (including phenoxy) is 1. The second-order valence-corrected chi connectivity index (χ2v) is 7.75. The lowest BCUT2D eigenvalue weighted by Crippen LogP contribution is -2.51. The van der Waals surface area contributed by atoms with E-state index in [1.807, 2.05) is 30.3 Å². The third-order valence-corrected chi connectivity index (χ3v) is 4.43. The maximum Gasteiger partial charge on any atom is 0.407 e. The Morgan fingerprint density at radius 3 is 2.56 bits per heavy atom. The maximum absolute atomic E-state index is 12.2. The molecule has 0 saturated heterocycles. The van der Waals surface area contributed by atoms with Gasteiger partial charge >= 0.3 is 6.09 Å². The second kappa shape index (κ2) is 8.48. The van der Waals surface area contributed by atoms with Crippen molar-refractivity contribution in [3.63, 3.8) is 0 Å². The molecule has 1 aliphatic rings. The Morgan fingerprint density at radius 2 is 1.96 bits per heavy atom. The van der Waals surface area contributed by atoms with Crippen molar-refractivity contribution >= 4 is 11.9 Å². The lowest BCUT2D eigenvalue weighted by Gasteiger charge is -2.32. The molecule has 1 aromatic rings. The molecule has 1 amide bonds. The smallest absolute Gasteiger partial charge is 0.407 e.